The van der Waals surface area contributed by atoms with Gasteiger partial charge < -0.3 is 15.4 Å². The Morgan fingerprint density at radius 2 is 2.47 bits per heavy atom. The molecule has 1 heterocycles. The zero-order valence-electron chi connectivity index (χ0n) is 9.71. The molecular weight excluding hydrogens is 224 g/mol. The molecule has 17 heavy (non-hydrogen) atoms. The predicted molar refractivity (Wildman–Crippen MR) is 61.5 cm³/mol. The summed E-state index contributed by atoms with van der Waals surface area (Å²) in [6.07, 6.45) is 1.56. The molecular formula is C10H14N4O3. The minimum atomic E-state index is -0.594. The van der Waals surface area contributed by atoms with Gasteiger partial charge in [-0.25, -0.2) is 0 Å². The van der Waals surface area contributed by atoms with Crippen LogP contribution in [0.15, 0.2) is 18.7 Å². The van der Waals surface area contributed by atoms with Crippen LogP contribution in [0.5, 0.6) is 0 Å². The van der Waals surface area contributed by atoms with E-state index in [2.05, 4.69) is 17.0 Å². The summed E-state index contributed by atoms with van der Waals surface area (Å²) in [5, 5.41) is 16.9. The summed E-state index contributed by atoms with van der Waals surface area (Å²) < 4.78 is 1.33. The topological polar surface area (TPSA) is 90.1 Å². The molecule has 92 valence electrons. The molecule has 0 aromatic carbocycles. The summed E-state index contributed by atoms with van der Waals surface area (Å²) >= 11 is 0. The Kier molecular flexibility index (Phi) is 3.97. The minimum Gasteiger partial charge on any atom is -0.358 e. The van der Waals surface area contributed by atoms with Gasteiger partial charge in [0.25, 0.3) is 0 Å². The Bertz CT molecular complexity index is 452. The Morgan fingerprint density at radius 1 is 1.82 bits per heavy atom. The molecule has 0 saturated carbocycles. The van der Waals surface area contributed by atoms with Crippen LogP contribution in [0.1, 0.15) is 18.7 Å². The van der Waals surface area contributed by atoms with Gasteiger partial charge in [0.2, 0.25) is 5.91 Å². The monoisotopic (exact) mass is 238 g/mol. The van der Waals surface area contributed by atoms with E-state index in [0.717, 1.165) is 0 Å². The van der Waals surface area contributed by atoms with Crippen molar-refractivity contribution in [2.45, 2.75) is 19.9 Å². The Morgan fingerprint density at radius 3 is 2.94 bits per heavy atom. The molecule has 1 unspecified atom stereocenters. The van der Waals surface area contributed by atoms with E-state index in [-0.39, 0.29) is 11.7 Å². The molecule has 0 radical (unpaired) electrons. The quantitative estimate of drug-likeness (QED) is 0.470. The van der Waals surface area contributed by atoms with Crippen LogP contribution in [0.3, 0.4) is 0 Å². The van der Waals surface area contributed by atoms with Gasteiger partial charge in [0.1, 0.15) is 6.04 Å². The molecule has 1 amide bonds. The molecule has 0 bridgehead atoms. The van der Waals surface area contributed by atoms with E-state index in [4.69, 9.17) is 0 Å². The molecule has 1 N–H and O–H groups in total. The molecule has 0 aliphatic heterocycles. The number of carbonyl (C=O) groups is 1. The van der Waals surface area contributed by atoms with Gasteiger partial charge in [-0.2, -0.15) is 4.68 Å². The molecule has 7 heteroatoms. The standard InChI is InChI=1S/C10H14N4O3/c1-4-5-11-10(15)8(3)13-7(2)6-9(12-13)14(16)17/h4,6,8H,1,5H2,2-3H3,(H,11,15). The molecule has 1 atom stereocenters. The first-order valence-corrected chi connectivity index (χ1v) is 5.06. The first kappa shape index (κ1) is 12.9. The Hall–Kier alpha value is -2.18. The molecule has 0 saturated heterocycles. The van der Waals surface area contributed by atoms with E-state index >= 15 is 0 Å². The third-order valence-corrected chi connectivity index (χ3v) is 2.26. The van der Waals surface area contributed by atoms with Gasteiger partial charge in [0.15, 0.2) is 0 Å². The first-order chi connectivity index (χ1) is 7.97. The number of rotatable bonds is 5. The maximum absolute atomic E-state index is 11.6. The number of nitro groups is 1. The number of nitrogens with zero attached hydrogens (tertiary/aromatic N) is 3. The highest BCUT2D eigenvalue weighted by molar-refractivity contribution is 5.80. The van der Waals surface area contributed by atoms with Gasteiger partial charge in [-0.05, 0) is 18.8 Å². The second-order valence-electron chi connectivity index (χ2n) is 3.56. The lowest BCUT2D eigenvalue weighted by Gasteiger charge is -2.09. The number of aryl methyl sites for hydroxylation is 1. The van der Waals surface area contributed by atoms with Gasteiger partial charge in [-0.3, -0.25) is 4.79 Å². The van der Waals surface area contributed by atoms with Gasteiger partial charge in [0, 0.05) is 6.54 Å². The Labute approximate surface area is 98.3 Å². The number of hydrogen-bond donors (Lipinski definition) is 1. The summed E-state index contributed by atoms with van der Waals surface area (Å²) in [6, 6.07) is 0.737. The van der Waals surface area contributed by atoms with Crippen molar-refractivity contribution in [3.8, 4) is 0 Å². The molecule has 1 rings (SSSR count). The van der Waals surface area contributed by atoms with Crippen LogP contribution in [0.25, 0.3) is 0 Å². The van der Waals surface area contributed by atoms with Crippen LogP contribution in [-0.4, -0.2) is 27.2 Å². The van der Waals surface area contributed by atoms with Gasteiger partial charge >= 0.3 is 5.82 Å². The first-order valence-electron chi connectivity index (χ1n) is 5.06. The highest BCUT2D eigenvalue weighted by Crippen LogP contribution is 2.15. The lowest BCUT2D eigenvalue weighted by atomic mass is 10.3. The van der Waals surface area contributed by atoms with Crippen LogP contribution < -0.4 is 5.32 Å². The Balaban J connectivity index is 2.88. The van der Waals surface area contributed by atoms with Crippen molar-refractivity contribution in [2.75, 3.05) is 6.54 Å². The number of aromatic nitrogens is 2. The molecule has 0 aliphatic rings. The number of amides is 1. The smallest absolute Gasteiger partial charge is 0.358 e. The maximum Gasteiger partial charge on any atom is 0.390 e. The largest absolute Gasteiger partial charge is 0.390 e. The van der Waals surface area contributed by atoms with Gasteiger partial charge in [-0.15, -0.1) is 6.58 Å². The summed E-state index contributed by atoms with van der Waals surface area (Å²) in [5.74, 6) is -0.517. The number of nitrogens with one attached hydrogen (secondary N) is 1. The highest BCUT2D eigenvalue weighted by atomic mass is 16.6. The molecule has 7 nitrogen and oxygen atoms in total. The molecule has 0 fully saturated rings. The van der Waals surface area contributed by atoms with Crippen molar-refractivity contribution in [1.29, 1.82) is 0 Å². The minimum absolute atomic E-state index is 0.258. The predicted octanol–water partition coefficient (Wildman–Crippen LogP) is 0.963. The average molecular weight is 238 g/mol. The van der Waals surface area contributed by atoms with E-state index in [1.54, 1.807) is 19.9 Å². The van der Waals surface area contributed by atoms with Crippen LogP contribution in [0.2, 0.25) is 0 Å². The number of carbonyl (C=O) groups excluding carboxylic acids is 1. The fourth-order valence-corrected chi connectivity index (χ4v) is 1.38. The lowest BCUT2D eigenvalue weighted by molar-refractivity contribution is -0.389. The van der Waals surface area contributed by atoms with Crippen molar-refractivity contribution in [1.82, 2.24) is 15.1 Å². The van der Waals surface area contributed by atoms with Crippen molar-refractivity contribution in [2.24, 2.45) is 0 Å². The second-order valence-corrected chi connectivity index (χ2v) is 3.56. The van der Waals surface area contributed by atoms with Gasteiger partial charge in [-0.1, -0.05) is 6.08 Å². The lowest BCUT2D eigenvalue weighted by Crippen LogP contribution is -2.31. The summed E-state index contributed by atoms with van der Waals surface area (Å²) in [7, 11) is 0. The zero-order valence-corrected chi connectivity index (χ0v) is 9.71. The maximum atomic E-state index is 11.6. The SMILES string of the molecule is C=CCNC(=O)C(C)n1nc([N+](=O)[O-])cc1C. The van der Waals surface area contributed by atoms with Crippen LogP contribution >= 0.6 is 0 Å². The van der Waals surface area contributed by atoms with Crippen LogP contribution in [-0.2, 0) is 4.79 Å². The van der Waals surface area contributed by atoms with E-state index in [1.165, 1.54) is 10.7 Å². The van der Waals surface area contributed by atoms with E-state index in [9.17, 15) is 14.9 Å². The van der Waals surface area contributed by atoms with Crippen molar-refractivity contribution in [3.05, 3.63) is 34.5 Å². The molecule has 0 spiro atoms. The van der Waals surface area contributed by atoms with E-state index in [1.807, 2.05) is 0 Å². The summed E-state index contributed by atoms with van der Waals surface area (Å²) in [4.78, 5) is 21.6. The fourth-order valence-electron chi connectivity index (χ4n) is 1.38. The second kappa shape index (κ2) is 5.24. The third kappa shape index (κ3) is 2.90. The summed E-state index contributed by atoms with van der Waals surface area (Å²) in [6.45, 7) is 7.13. The van der Waals surface area contributed by atoms with Crippen molar-refractivity contribution in [3.63, 3.8) is 0 Å². The molecule has 1 aromatic heterocycles. The summed E-state index contributed by atoms with van der Waals surface area (Å²) in [5.41, 5.74) is 0.568. The number of hydrogen-bond acceptors (Lipinski definition) is 4. The zero-order chi connectivity index (χ0) is 13.0. The fraction of sp³-hybridized carbons (Fsp3) is 0.400. The van der Waals surface area contributed by atoms with Crippen LogP contribution in [0, 0.1) is 17.0 Å². The van der Waals surface area contributed by atoms with E-state index in [0.29, 0.717) is 12.2 Å². The van der Waals surface area contributed by atoms with Crippen molar-refractivity contribution < 1.29 is 9.72 Å². The van der Waals surface area contributed by atoms with Crippen LogP contribution in [0.4, 0.5) is 5.82 Å². The molecule has 1 aromatic rings. The average Bonchev–Trinajstić information content (AvgIpc) is 2.67. The highest BCUT2D eigenvalue weighted by Gasteiger charge is 2.23. The van der Waals surface area contributed by atoms with Gasteiger partial charge in [0.05, 0.1) is 16.9 Å². The van der Waals surface area contributed by atoms with Crippen molar-refractivity contribution >= 4 is 11.7 Å². The molecule has 0 aliphatic carbocycles. The third-order valence-electron chi connectivity index (χ3n) is 2.26. The van der Waals surface area contributed by atoms with E-state index < -0.39 is 11.0 Å². The normalized spacial score (nSPS) is 11.9.